The lowest BCUT2D eigenvalue weighted by atomic mass is 9.84. The molecule has 0 spiro atoms. The minimum atomic E-state index is -1.67. The van der Waals surface area contributed by atoms with Gasteiger partial charge in [-0.3, -0.25) is 19.5 Å². The number of rotatable bonds is 21. The second-order valence-corrected chi connectivity index (χ2v) is 9.35. The van der Waals surface area contributed by atoms with E-state index in [1.165, 1.54) is 7.11 Å². The Labute approximate surface area is 229 Å². The molecule has 228 valence electrons. The van der Waals surface area contributed by atoms with Crippen LogP contribution in [-0.2, 0) is 38.2 Å². The topological polar surface area (TPSA) is 266 Å². The number of aliphatic carboxylic acids is 6. The number of carbonyl (C=O) groups excluding carboxylic acids is 5. The molecule has 1 saturated carbocycles. The molecule has 0 aromatic heterocycles. The predicted octanol–water partition coefficient (Wildman–Crippen LogP) is -8.70. The first-order valence-electron chi connectivity index (χ1n) is 12.3. The quantitative estimate of drug-likeness (QED) is 0.133. The second-order valence-electron chi connectivity index (χ2n) is 9.35. The van der Waals surface area contributed by atoms with Crippen molar-refractivity contribution in [3.63, 3.8) is 0 Å². The van der Waals surface area contributed by atoms with E-state index in [1.807, 2.05) is 0 Å². The van der Waals surface area contributed by atoms with Gasteiger partial charge in [0.15, 0.2) is 0 Å². The molecule has 0 saturated heterocycles. The zero-order chi connectivity index (χ0) is 30.4. The monoisotopic (exact) mass is 574 g/mol. The Balaban J connectivity index is 3.18. The maximum atomic E-state index is 11.8. The first-order valence-corrected chi connectivity index (χ1v) is 12.3. The smallest absolute Gasteiger partial charge is 0.309 e. The first kappa shape index (κ1) is 34.6. The number of carbonyl (C=O) groups is 6. The third kappa shape index (κ3) is 13.6. The van der Waals surface area contributed by atoms with Gasteiger partial charge in [0, 0.05) is 65.5 Å². The molecule has 0 aromatic carbocycles. The van der Waals surface area contributed by atoms with Crippen molar-refractivity contribution in [1.29, 1.82) is 0 Å². The fraction of sp³-hybridized carbons (Fsp3) is 0.739. The van der Waals surface area contributed by atoms with Crippen LogP contribution in [0, 0.1) is 5.92 Å². The molecule has 0 aliphatic heterocycles. The van der Waals surface area contributed by atoms with Crippen LogP contribution in [0.1, 0.15) is 19.3 Å². The van der Waals surface area contributed by atoms with Crippen LogP contribution in [0.3, 0.4) is 0 Å². The average molecular weight is 575 g/mol. The molecule has 0 bridgehead atoms. The molecular weight excluding hydrogens is 542 g/mol. The average Bonchev–Trinajstić information content (AvgIpc) is 2.82. The number of methoxy groups -OCH3 is 1. The highest BCUT2D eigenvalue weighted by Gasteiger charge is 2.37. The van der Waals surface area contributed by atoms with Crippen molar-refractivity contribution in [2.24, 2.45) is 5.92 Å². The summed E-state index contributed by atoms with van der Waals surface area (Å²) in [5.41, 5.74) is 0. The van der Waals surface area contributed by atoms with E-state index in [0.29, 0.717) is 6.42 Å². The summed E-state index contributed by atoms with van der Waals surface area (Å²) < 4.78 is 11.0. The van der Waals surface area contributed by atoms with E-state index in [9.17, 15) is 59.4 Å². The second kappa shape index (κ2) is 17.3. The van der Waals surface area contributed by atoms with Gasteiger partial charge in [-0.15, -0.1) is 0 Å². The van der Waals surface area contributed by atoms with Gasteiger partial charge in [0.25, 0.3) is 0 Å². The minimum absolute atomic E-state index is 0.131. The van der Waals surface area contributed by atoms with Crippen LogP contribution in [0.25, 0.3) is 0 Å². The summed E-state index contributed by atoms with van der Waals surface area (Å²) in [5, 5.41) is 65.6. The SMILES string of the molecule is CO[C@@H]1CC[C@H](OCC(CN(CCN(CC(=O)[O-])CC(=O)[O-])CC(=O)[O-])N(CC(=O)[O-])CC(=O)[O-])C(C(=O)O)C1. The number of carboxylic acids is 6. The molecule has 17 nitrogen and oxygen atoms in total. The van der Waals surface area contributed by atoms with Crippen molar-refractivity contribution in [2.45, 2.75) is 37.5 Å². The van der Waals surface area contributed by atoms with Gasteiger partial charge in [0.05, 0.1) is 54.6 Å². The number of hydrogen-bond acceptors (Lipinski definition) is 16. The van der Waals surface area contributed by atoms with E-state index in [0.717, 1.165) is 14.7 Å². The molecule has 0 amide bonds. The van der Waals surface area contributed by atoms with Crippen molar-refractivity contribution >= 4 is 35.8 Å². The fourth-order valence-corrected chi connectivity index (χ4v) is 4.51. The van der Waals surface area contributed by atoms with E-state index in [2.05, 4.69) is 0 Å². The fourth-order valence-electron chi connectivity index (χ4n) is 4.51. The number of ether oxygens (including phenoxy) is 2. The van der Waals surface area contributed by atoms with E-state index < -0.39 is 93.2 Å². The van der Waals surface area contributed by atoms with Gasteiger partial charge in [-0.2, -0.15) is 0 Å². The van der Waals surface area contributed by atoms with Crippen LogP contribution < -0.4 is 25.5 Å². The number of carboxylic acid groups (broad SMARTS) is 6. The Bertz CT molecular complexity index is 868. The molecule has 40 heavy (non-hydrogen) atoms. The molecular formula is C23H32N3O14-5. The highest BCUT2D eigenvalue weighted by atomic mass is 16.5. The lowest BCUT2D eigenvalue weighted by molar-refractivity contribution is -0.313. The van der Waals surface area contributed by atoms with Crippen molar-refractivity contribution in [3.8, 4) is 0 Å². The van der Waals surface area contributed by atoms with Crippen LogP contribution >= 0.6 is 0 Å². The molecule has 0 aromatic rings. The van der Waals surface area contributed by atoms with Crippen molar-refractivity contribution in [1.82, 2.24) is 14.7 Å². The van der Waals surface area contributed by atoms with Gasteiger partial charge < -0.3 is 64.1 Å². The molecule has 17 heteroatoms. The third-order valence-corrected chi connectivity index (χ3v) is 6.33. The molecule has 1 aliphatic carbocycles. The molecule has 2 unspecified atom stereocenters. The number of nitrogens with zero attached hydrogens (tertiary/aromatic N) is 3. The Kier molecular flexibility index (Phi) is 15.0. The lowest BCUT2D eigenvalue weighted by Crippen LogP contribution is -2.56. The van der Waals surface area contributed by atoms with Crippen molar-refractivity contribution < 1.29 is 68.9 Å². The van der Waals surface area contributed by atoms with Crippen LogP contribution in [0.4, 0.5) is 0 Å². The molecule has 0 radical (unpaired) electrons. The van der Waals surface area contributed by atoms with Crippen LogP contribution in [0.2, 0.25) is 0 Å². The van der Waals surface area contributed by atoms with E-state index in [1.54, 1.807) is 0 Å². The van der Waals surface area contributed by atoms with Crippen molar-refractivity contribution in [3.05, 3.63) is 0 Å². The Morgan fingerprint density at radius 1 is 0.775 bits per heavy atom. The summed E-state index contributed by atoms with van der Waals surface area (Å²) in [6.07, 6.45) is -0.330. The zero-order valence-electron chi connectivity index (χ0n) is 21.9. The summed E-state index contributed by atoms with van der Waals surface area (Å²) in [7, 11) is 1.44. The maximum absolute atomic E-state index is 11.8. The van der Waals surface area contributed by atoms with Gasteiger partial charge in [0.2, 0.25) is 0 Å². The highest BCUT2D eigenvalue weighted by molar-refractivity contribution is 5.71. The van der Waals surface area contributed by atoms with Gasteiger partial charge in [0.1, 0.15) is 0 Å². The minimum Gasteiger partial charge on any atom is -0.549 e. The van der Waals surface area contributed by atoms with E-state index in [-0.39, 0.29) is 38.6 Å². The molecule has 1 fully saturated rings. The molecule has 0 heterocycles. The maximum Gasteiger partial charge on any atom is 0.309 e. The predicted molar refractivity (Wildman–Crippen MR) is 119 cm³/mol. The normalized spacial score (nSPS) is 19.9. The van der Waals surface area contributed by atoms with Gasteiger partial charge in [-0.25, -0.2) is 0 Å². The Morgan fingerprint density at radius 2 is 1.25 bits per heavy atom. The summed E-state index contributed by atoms with van der Waals surface area (Å²) in [6.45, 7) is -5.70. The number of hydrogen-bond donors (Lipinski definition) is 1. The molecule has 1 rings (SSSR count). The standard InChI is InChI=1S/C23H37N3O14/c1-39-15-2-3-17(16(6-15)23(37)38)40-13-14(26(11-21(33)34)12-22(35)36)7-24(8-18(27)28)4-5-25(9-19(29)30)10-20(31)32/h14-17H,2-13H2,1H3,(H,27,28)(H,29,30)(H,31,32)(H,33,34)(H,35,36)(H,37,38)/p-5/t14?,15-,16?,17+/m1/s1. The van der Waals surface area contributed by atoms with Crippen LogP contribution in [0.15, 0.2) is 0 Å². The Morgan fingerprint density at radius 3 is 1.70 bits per heavy atom. The van der Waals surface area contributed by atoms with Gasteiger partial charge >= 0.3 is 5.97 Å². The molecule has 4 atom stereocenters. The summed E-state index contributed by atoms with van der Waals surface area (Å²) >= 11 is 0. The van der Waals surface area contributed by atoms with E-state index in [4.69, 9.17) is 9.47 Å². The van der Waals surface area contributed by atoms with Gasteiger partial charge in [-0.05, 0) is 19.3 Å². The van der Waals surface area contributed by atoms with E-state index >= 15 is 0 Å². The first-order chi connectivity index (χ1) is 18.7. The van der Waals surface area contributed by atoms with Crippen LogP contribution in [0.5, 0.6) is 0 Å². The molecule has 1 N–H and O–H groups in total. The largest absolute Gasteiger partial charge is 0.549 e. The lowest BCUT2D eigenvalue weighted by Gasteiger charge is -2.39. The highest BCUT2D eigenvalue weighted by Crippen LogP contribution is 2.29. The summed E-state index contributed by atoms with van der Waals surface area (Å²) in [4.78, 5) is 70.7. The zero-order valence-corrected chi connectivity index (χ0v) is 21.9. The third-order valence-electron chi connectivity index (χ3n) is 6.33. The van der Waals surface area contributed by atoms with Crippen molar-refractivity contribution in [2.75, 3.05) is 66.1 Å². The van der Waals surface area contributed by atoms with Gasteiger partial charge in [-0.1, -0.05) is 0 Å². The summed E-state index contributed by atoms with van der Waals surface area (Å²) in [5.74, 6) is -10.3. The Hall–Kier alpha value is -3.38. The summed E-state index contributed by atoms with van der Waals surface area (Å²) in [6, 6.07) is -1.17. The molecule has 1 aliphatic rings. The van der Waals surface area contributed by atoms with Crippen LogP contribution in [-0.4, -0.2) is 140 Å².